The number of aliphatic hydroxyl groups excluding tert-OH is 1. The molecule has 2 rings (SSSR count). The van der Waals surface area contributed by atoms with Gasteiger partial charge < -0.3 is 15.2 Å². The van der Waals surface area contributed by atoms with Gasteiger partial charge in [-0.15, -0.1) is 0 Å². The topological polar surface area (TPSA) is 41.5 Å². The van der Waals surface area contributed by atoms with Crippen molar-refractivity contribution in [1.29, 1.82) is 0 Å². The highest BCUT2D eigenvalue weighted by molar-refractivity contribution is 5.31. The molecule has 1 aliphatic carbocycles. The van der Waals surface area contributed by atoms with Gasteiger partial charge in [-0.1, -0.05) is 37.8 Å². The molecule has 0 spiro atoms. The maximum atomic E-state index is 9.75. The van der Waals surface area contributed by atoms with Gasteiger partial charge in [0.2, 0.25) is 0 Å². The summed E-state index contributed by atoms with van der Waals surface area (Å²) < 4.78 is 5.75. The van der Waals surface area contributed by atoms with Crippen LogP contribution in [0.5, 0.6) is 5.75 Å². The number of nitrogens with one attached hydrogen (secondary N) is 1. The summed E-state index contributed by atoms with van der Waals surface area (Å²) in [5.41, 5.74) is 1.11. The Morgan fingerprint density at radius 2 is 1.90 bits per heavy atom. The van der Waals surface area contributed by atoms with Crippen LogP contribution in [0.15, 0.2) is 24.3 Å². The third kappa shape index (κ3) is 5.33. The van der Waals surface area contributed by atoms with Crippen molar-refractivity contribution in [1.82, 2.24) is 5.32 Å². The van der Waals surface area contributed by atoms with Gasteiger partial charge in [-0.25, -0.2) is 0 Å². The maximum Gasteiger partial charge on any atom is 0.120 e. The lowest BCUT2D eigenvalue weighted by molar-refractivity contribution is 0.225. The lowest BCUT2D eigenvalue weighted by Crippen LogP contribution is -2.34. The summed E-state index contributed by atoms with van der Waals surface area (Å²) in [5, 5.41) is 13.4. The molecule has 118 valence electrons. The molecule has 0 saturated heterocycles. The van der Waals surface area contributed by atoms with E-state index in [-0.39, 0.29) is 18.8 Å². The predicted octanol–water partition coefficient (Wildman–Crippen LogP) is 3.82. The average molecular weight is 291 g/mol. The monoisotopic (exact) mass is 291 g/mol. The zero-order valence-corrected chi connectivity index (χ0v) is 13.3. The van der Waals surface area contributed by atoms with Crippen LogP contribution in [-0.4, -0.2) is 23.9 Å². The molecule has 0 bridgehead atoms. The Morgan fingerprint density at radius 3 is 2.52 bits per heavy atom. The summed E-state index contributed by atoms with van der Waals surface area (Å²) in [6.45, 7) is 4.18. The number of rotatable bonds is 6. The molecule has 21 heavy (non-hydrogen) atoms. The van der Waals surface area contributed by atoms with E-state index in [0.717, 1.165) is 11.3 Å². The molecule has 1 fully saturated rings. The second kappa shape index (κ2) is 8.40. The van der Waals surface area contributed by atoms with Crippen LogP contribution in [0.2, 0.25) is 0 Å². The molecule has 3 nitrogen and oxygen atoms in total. The fourth-order valence-corrected chi connectivity index (χ4v) is 3.06. The summed E-state index contributed by atoms with van der Waals surface area (Å²) in [5.74, 6) is 0.878. The Kier molecular flexibility index (Phi) is 6.52. The van der Waals surface area contributed by atoms with Gasteiger partial charge >= 0.3 is 0 Å². The molecule has 0 radical (unpaired) electrons. The first-order valence-electron chi connectivity index (χ1n) is 8.32. The van der Waals surface area contributed by atoms with Crippen LogP contribution in [0.1, 0.15) is 64.0 Å². The highest BCUT2D eigenvalue weighted by Gasteiger charge is 2.18. The van der Waals surface area contributed by atoms with Crippen molar-refractivity contribution in [3.63, 3.8) is 0 Å². The van der Waals surface area contributed by atoms with Crippen LogP contribution in [0.25, 0.3) is 0 Å². The van der Waals surface area contributed by atoms with Crippen LogP contribution in [0, 0.1) is 0 Å². The summed E-state index contributed by atoms with van der Waals surface area (Å²) >= 11 is 0. The van der Waals surface area contributed by atoms with E-state index in [4.69, 9.17) is 4.74 Å². The standard InChI is InChI=1S/C18H29NO2/c1-14(2)21-17-11-7-8-15(12-17)18(13-20)19-16-9-5-3-4-6-10-16/h7-8,11-12,14,16,18-20H,3-6,9-10,13H2,1-2H3. The minimum Gasteiger partial charge on any atom is -0.491 e. The van der Waals surface area contributed by atoms with Crippen molar-refractivity contribution in [3.8, 4) is 5.75 Å². The normalized spacial score (nSPS) is 18.5. The van der Waals surface area contributed by atoms with Crippen molar-refractivity contribution >= 4 is 0 Å². The summed E-state index contributed by atoms with van der Waals surface area (Å²) in [6, 6.07) is 8.62. The lowest BCUT2D eigenvalue weighted by Gasteiger charge is -2.24. The molecule has 0 amide bonds. The second-order valence-electron chi connectivity index (χ2n) is 6.33. The Bertz CT molecular complexity index is 411. The molecule has 3 heteroatoms. The summed E-state index contributed by atoms with van der Waals surface area (Å²) in [4.78, 5) is 0. The first-order chi connectivity index (χ1) is 10.2. The highest BCUT2D eigenvalue weighted by atomic mass is 16.5. The second-order valence-corrected chi connectivity index (χ2v) is 6.33. The average Bonchev–Trinajstić information content (AvgIpc) is 2.73. The van der Waals surface area contributed by atoms with Crippen molar-refractivity contribution in [2.75, 3.05) is 6.61 Å². The molecule has 1 atom stereocenters. The summed E-state index contributed by atoms with van der Waals surface area (Å²) in [7, 11) is 0. The molecular weight excluding hydrogens is 262 g/mol. The fraction of sp³-hybridized carbons (Fsp3) is 0.667. The van der Waals surface area contributed by atoms with Crippen molar-refractivity contribution in [2.45, 2.75) is 70.6 Å². The Hall–Kier alpha value is -1.06. The molecule has 0 heterocycles. The SMILES string of the molecule is CC(C)Oc1cccc(C(CO)NC2CCCCCC2)c1. The molecule has 0 aliphatic heterocycles. The zero-order chi connectivity index (χ0) is 15.1. The number of benzene rings is 1. The van der Waals surface area contributed by atoms with Gasteiger partial charge in [-0.2, -0.15) is 0 Å². The van der Waals surface area contributed by atoms with Gasteiger partial charge in [0.25, 0.3) is 0 Å². The van der Waals surface area contributed by atoms with Gasteiger partial charge in [0.1, 0.15) is 5.75 Å². The maximum absolute atomic E-state index is 9.75. The molecule has 1 unspecified atom stereocenters. The van der Waals surface area contributed by atoms with Gasteiger partial charge in [0.15, 0.2) is 0 Å². The van der Waals surface area contributed by atoms with E-state index < -0.39 is 0 Å². The van der Waals surface area contributed by atoms with Crippen LogP contribution < -0.4 is 10.1 Å². The van der Waals surface area contributed by atoms with Crippen molar-refractivity contribution in [2.24, 2.45) is 0 Å². The smallest absolute Gasteiger partial charge is 0.120 e. The predicted molar refractivity (Wildman–Crippen MR) is 86.7 cm³/mol. The van der Waals surface area contributed by atoms with Gasteiger partial charge in [-0.3, -0.25) is 0 Å². The molecule has 1 aromatic rings. The van der Waals surface area contributed by atoms with E-state index >= 15 is 0 Å². The first kappa shape index (κ1) is 16.3. The van der Waals surface area contributed by atoms with E-state index in [1.165, 1.54) is 38.5 Å². The minimum atomic E-state index is 0.00353. The molecule has 1 saturated carbocycles. The third-order valence-corrected chi connectivity index (χ3v) is 4.11. The third-order valence-electron chi connectivity index (χ3n) is 4.11. The van der Waals surface area contributed by atoms with Crippen LogP contribution >= 0.6 is 0 Å². The van der Waals surface area contributed by atoms with Crippen LogP contribution in [0.3, 0.4) is 0 Å². The van der Waals surface area contributed by atoms with E-state index in [1.807, 2.05) is 32.0 Å². The van der Waals surface area contributed by atoms with E-state index in [9.17, 15) is 5.11 Å². The zero-order valence-electron chi connectivity index (χ0n) is 13.3. The van der Waals surface area contributed by atoms with Crippen LogP contribution in [0.4, 0.5) is 0 Å². The molecule has 1 aliphatic rings. The van der Waals surface area contributed by atoms with E-state index in [1.54, 1.807) is 0 Å². The van der Waals surface area contributed by atoms with Gasteiger partial charge in [0, 0.05) is 6.04 Å². The van der Waals surface area contributed by atoms with Crippen LogP contribution in [-0.2, 0) is 0 Å². The first-order valence-corrected chi connectivity index (χ1v) is 8.32. The van der Waals surface area contributed by atoms with Crippen molar-refractivity contribution in [3.05, 3.63) is 29.8 Å². The van der Waals surface area contributed by atoms with E-state index in [2.05, 4.69) is 11.4 Å². The fourth-order valence-electron chi connectivity index (χ4n) is 3.06. The number of ether oxygens (including phenoxy) is 1. The molecule has 1 aromatic carbocycles. The molecule has 2 N–H and O–H groups in total. The quantitative estimate of drug-likeness (QED) is 0.783. The van der Waals surface area contributed by atoms with Crippen molar-refractivity contribution < 1.29 is 9.84 Å². The Labute approximate surface area is 128 Å². The largest absolute Gasteiger partial charge is 0.491 e. The summed E-state index contributed by atoms with van der Waals surface area (Å²) in [6.07, 6.45) is 7.90. The van der Waals surface area contributed by atoms with Gasteiger partial charge in [-0.05, 0) is 44.4 Å². The minimum absolute atomic E-state index is 0.00353. The number of hydrogen-bond acceptors (Lipinski definition) is 3. The number of aliphatic hydroxyl groups is 1. The Balaban J connectivity index is 2.02. The van der Waals surface area contributed by atoms with E-state index in [0.29, 0.717) is 6.04 Å². The number of hydrogen-bond donors (Lipinski definition) is 2. The highest BCUT2D eigenvalue weighted by Crippen LogP contribution is 2.23. The molecular formula is C18H29NO2. The lowest BCUT2D eigenvalue weighted by atomic mass is 10.0. The Morgan fingerprint density at radius 1 is 1.19 bits per heavy atom. The molecule has 0 aromatic heterocycles. The van der Waals surface area contributed by atoms with Gasteiger partial charge in [0.05, 0.1) is 18.8 Å².